The zero-order valence-corrected chi connectivity index (χ0v) is 13.2. The van der Waals surface area contributed by atoms with Crippen molar-refractivity contribution in [2.24, 2.45) is 0 Å². The number of halogens is 6. The van der Waals surface area contributed by atoms with Gasteiger partial charge in [0, 0.05) is 13.3 Å². The molecule has 1 atom stereocenters. The SMILES string of the molecule is CC(=O)SC1CC(=O)N(c2cc(C(F)(F)F)cc(C(F)(F)F)c2)C1=O. The van der Waals surface area contributed by atoms with Gasteiger partial charge in [0.25, 0.3) is 0 Å². The van der Waals surface area contributed by atoms with Gasteiger partial charge in [-0.3, -0.25) is 14.4 Å². The molecule has 0 aliphatic carbocycles. The molecule has 1 aromatic rings. The second-order valence-electron chi connectivity index (χ2n) is 5.13. The number of benzene rings is 1. The van der Waals surface area contributed by atoms with Gasteiger partial charge in [0.2, 0.25) is 11.8 Å². The first-order valence-electron chi connectivity index (χ1n) is 6.64. The van der Waals surface area contributed by atoms with Crippen LogP contribution in [0.1, 0.15) is 24.5 Å². The molecule has 1 saturated heterocycles. The van der Waals surface area contributed by atoms with E-state index in [1.165, 1.54) is 0 Å². The summed E-state index contributed by atoms with van der Waals surface area (Å²) in [6.45, 7) is 1.12. The molecule has 2 amide bonds. The van der Waals surface area contributed by atoms with Gasteiger partial charge in [-0.1, -0.05) is 11.8 Å². The van der Waals surface area contributed by atoms with Crippen molar-refractivity contribution in [2.45, 2.75) is 30.9 Å². The Kier molecular flexibility index (Phi) is 4.90. The van der Waals surface area contributed by atoms with Crippen LogP contribution in [0.2, 0.25) is 0 Å². The van der Waals surface area contributed by atoms with E-state index in [-0.39, 0.29) is 11.0 Å². The van der Waals surface area contributed by atoms with Crippen LogP contribution in [0.4, 0.5) is 32.0 Å². The van der Waals surface area contributed by atoms with Gasteiger partial charge in [-0.25, -0.2) is 4.90 Å². The van der Waals surface area contributed by atoms with E-state index in [4.69, 9.17) is 0 Å². The van der Waals surface area contributed by atoms with Gasteiger partial charge in [-0.05, 0) is 18.2 Å². The smallest absolute Gasteiger partial charge is 0.288 e. The fraction of sp³-hybridized carbons (Fsp3) is 0.357. The summed E-state index contributed by atoms with van der Waals surface area (Å²) < 4.78 is 77.2. The van der Waals surface area contributed by atoms with Gasteiger partial charge in [0.1, 0.15) is 5.25 Å². The third-order valence-electron chi connectivity index (χ3n) is 3.24. The molecule has 1 aromatic carbocycles. The van der Waals surface area contributed by atoms with Crippen molar-refractivity contribution in [3.63, 3.8) is 0 Å². The Balaban J connectivity index is 2.53. The van der Waals surface area contributed by atoms with Crippen molar-refractivity contribution in [3.05, 3.63) is 29.3 Å². The maximum atomic E-state index is 12.9. The van der Waals surface area contributed by atoms with E-state index >= 15 is 0 Å². The second kappa shape index (κ2) is 6.36. The highest BCUT2D eigenvalue weighted by Gasteiger charge is 2.43. The number of anilines is 1. The lowest BCUT2D eigenvalue weighted by Gasteiger charge is -2.19. The van der Waals surface area contributed by atoms with Crippen molar-refractivity contribution < 1.29 is 40.7 Å². The van der Waals surface area contributed by atoms with E-state index in [1.807, 2.05) is 0 Å². The Morgan fingerprint density at radius 1 is 1.04 bits per heavy atom. The highest BCUT2D eigenvalue weighted by atomic mass is 32.2. The summed E-state index contributed by atoms with van der Waals surface area (Å²) in [7, 11) is 0. The van der Waals surface area contributed by atoms with Gasteiger partial charge in [0.15, 0.2) is 5.12 Å². The van der Waals surface area contributed by atoms with Crippen LogP contribution in [-0.4, -0.2) is 22.2 Å². The number of carbonyl (C=O) groups excluding carboxylic acids is 3. The monoisotopic (exact) mass is 385 g/mol. The van der Waals surface area contributed by atoms with Crippen molar-refractivity contribution in [1.29, 1.82) is 0 Å². The molecule has 1 fully saturated rings. The minimum Gasteiger partial charge on any atom is -0.288 e. The molecular formula is C14H9F6NO3S. The number of rotatable bonds is 2. The number of thioether (sulfide) groups is 1. The molecule has 136 valence electrons. The minimum atomic E-state index is -5.10. The second-order valence-corrected chi connectivity index (χ2v) is 6.51. The van der Waals surface area contributed by atoms with Gasteiger partial charge in [-0.2, -0.15) is 26.3 Å². The Morgan fingerprint density at radius 2 is 1.52 bits per heavy atom. The molecule has 2 rings (SSSR count). The molecule has 0 bridgehead atoms. The Labute approximate surface area is 141 Å². The summed E-state index contributed by atoms with van der Waals surface area (Å²) in [6, 6.07) is 0.494. The quantitative estimate of drug-likeness (QED) is 0.576. The molecular weight excluding hydrogens is 376 g/mol. The van der Waals surface area contributed by atoms with Crippen molar-refractivity contribution >= 4 is 34.4 Å². The number of imide groups is 1. The maximum absolute atomic E-state index is 12.9. The van der Waals surface area contributed by atoms with E-state index in [0.717, 1.165) is 6.92 Å². The van der Waals surface area contributed by atoms with Gasteiger partial charge < -0.3 is 0 Å². The molecule has 4 nitrogen and oxygen atoms in total. The molecule has 0 saturated carbocycles. The van der Waals surface area contributed by atoms with Crippen LogP contribution < -0.4 is 4.90 Å². The first kappa shape index (κ1) is 19.3. The summed E-state index contributed by atoms with van der Waals surface area (Å²) in [5.74, 6) is -2.01. The Hall–Kier alpha value is -2.04. The van der Waals surface area contributed by atoms with Crippen LogP contribution >= 0.6 is 11.8 Å². The number of amides is 2. The molecule has 1 heterocycles. The Bertz CT molecular complexity index is 711. The minimum absolute atomic E-state index is 0.101. The number of hydrogen-bond acceptors (Lipinski definition) is 4. The zero-order chi connectivity index (χ0) is 19.2. The highest BCUT2D eigenvalue weighted by Crippen LogP contribution is 2.40. The van der Waals surface area contributed by atoms with Gasteiger partial charge in [0.05, 0.1) is 16.8 Å². The lowest BCUT2D eigenvalue weighted by Crippen LogP contribution is -2.32. The predicted molar refractivity (Wildman–Crippen MR) is 75.6 cm³/mol. The standard InChI is InChI=1S/C14H9F6NO3S/c1-6(22)25-10-5-11(23)21(12(10)24)9-3-7(13(15,16)17)2-8(4-9)14(18,19)20/h2-4,10H,5H2,1H3. The van der Waals surface area contributed by atoms with Crippen LogP contribution in [0.25, 0.3) is 0 Å². The van der Waals surface area contributed by atoms with Crippen LogP contribution in [0.3, 0.4) is 0 Å². The average Bonchev–Trinajstić information content (AvgIpc) is 2.70. The molecule has 1 aliphatic rings. The van der Waals surface area contributed by atoms with Crippen LogP contribution in [-0.2, 0) is 26.7 Å². The lowest BCUT2D eigenvalue weighted by molar-refractivity contribution is -0.143. The third-order valence-corrected chi connectivity index (χ3v) is 4.23. The fourth-order valence-electron chi connectivity index (χ4n) is 2.24. The molecule has 11 heteroatoms. The van der Waals surface area contributed by atoms with Crippen molar-refractivity contribution in [3.8, 4) is 0 Å². The topological polar surface area (TPSA) is 54.5 Å². The number of hydrogen-bond donors (Lipinski definition) is 0. The van der Waals surface area contributed by atoms with Crippen LogP contribution in [0.5, 0.6) is 0 Å². The average molecular weight is 385 g/mol. The summed E-state index contributed by atoms with van der Waals surface area (Å²) in [5, 5.41) is -1.68. The van der Waals surface area contributed by atoms with Gasteiger partial charge in [-0.15, -0.1) is 0 Å². The normalized spacial score (nSPS) is 18.8. The highest BCUT2D eigenvalue weighted by molar-refractivity contribution is 8.14. The zero-order valence-electron chi connectivity index (χ0n) is 12.4. The molecule has 0 radical (unpaired) electrons. The number of nitrogens with zero attached hydrogens (tertiary/aromatic N) is 1. The summed E-state index contributed by atoms with van der Waals surface area (Å²) >= 11 is 0.496. The third kappa shape index (κ3) is 4.14. The molecule has 0 spiro atoms. The number of alkyl halides is 6. The number of carbonyl (C=O) groups is 3. The molecule has 0 N–H and O–H groups in total. The first-order chi connectivity index (χ1) is 11.3. The van der Waals surface area contributed by atoms with Gasteiger partial charge >= 0.3 is 12.4 Å². The van der Waals surface area contributed by atoms with E-state index in [2.05, 4.69) is 0 Å². The summed E-state index contributed by atoms with van der Waals surface area (Å²) in [5.41, 5.74) is -4.11. The van der Waals surface area contributed by atoms with E-state index < -0.39 is 57.8 Å². The maximum Gasteiger partial charge on any atom is 0.416 e. The molecule has 0 aromatic heterocycles. The largest absolute Gasteiger partial charge is 0.416 e. The van der Waals surface area contributed by atoms with Crippen molar-refractivity contribution in [1.82, 2.24) is 0 Å². The lowest BCUT2D eigenvalue weighted by atomic mass is 10.1. The summed E-state index contributed by atoms with van der Waals surface area (Å²) in [6.07, 6.45) is -10.7. The van der Waals surface area contributed by atoms with Crippen LogP contribution in [0.15, 0.2) is 18.2 Å². The molecule has 1 aliphatic heterocycles. The van der Waals surface area contributed by atoms with Crippen molar-refractivity contribution in [2.75, 3.05) is 4.90 Å². The predicted octanol–water partition coefficient (Wildman–Crippen LogP) is 3.64. The van der Waals surface area contributed by atoms with E-state index in [0.29, 0.717) is 23.9 Å². The first-order valence-corrected chi connectivity index (χ1v) is 7.52. The fourth-order valence-corrected chi connectivity index (χ4v) is 3.07. The van der Waals surface area contributed by atoms with Crippen LogP contribution in [0, 0.1) is 0 Å². The Morgan fingerprint density at radius 3 is 1.92 bits per heavy atom. The molecule has 25 heavy (non-hydrogen) atoms. The van der Waals surface area contributed by atoms with E-state index in [1.54, 1.807) is 0 Å². The summed E-state index contributed by atoms with van der Waals surface area (Å²) in [4.78, 5) is 35.4. The van der Waals surface area contributed by atoms with E-state index in [9.17, 15) is 40.7 Å². The molecule has 1 unspecified atom stereocenters.